The Morgan fingerprint density at radius 2 is 2.27 bits per heavy atom. The molecular weight excluding hydrogens is 350 g/mol. The van der Waals surface area contributed by atoms with Crippen LogP contribution in [0.1, 0.15) is 18.5 Å². The molecule has 26 heavy (non-hydrogen) atoms. The average molecular weight is 373 g/mol. The fourth-order valence-electron chi connectivity index (χ4n) is 3.02. The maximum atomic E-state index is 12.6. The van der Waals surface area contributed by atoms with Crippen LogP contribution in [0.5, 0.6) is 0 Å². The molecule has 8 heteroatoms. The van der Waals surface area contributed by atoms with Crippen LogP contribution in [-0.2, 0) is 16.0 Å². The summed E-state index contributed by atoms with van der Waals surface area (Å²) in [5, 5.41) is 5.52. The van der Waals surface area contributed by atoms with E-state index in [1.54, 1.807) is 11.1 Å². The summed E-state index contributed by atoms with van der Waals surface area (Å²) in [7, 11) is 0. The van der Waals surface area contributed by atoms with Gasteiger partial charge in [-0.25, -0.2) is 4.98 Å². The molecule has 138 valence electrons. The van der Waals surface area contributed by atoms with Gasteiger partial charge in [0.1, 0.15) is 5.01 Å². The van der Waals surface area contributed by atoms with E-state index in [4.69, 9.17) is 5.73 Å². The molecule has 0 saturated carbocycles. The predicted octanol–water partition coefficient (Wildman–Crippen LogP) is 1.06. The van der Waals surface area contributed by atoms with Crippen molar-refractivity contribution in [3.63, 3.8) is 0 Å². The van der Waals surface area contributed by atoms with Crippen LogP contribution in [0.3, 0.4) is 0 Å². The van der Waals surface area contributed by atoms with E-state index in [1.807, 2.05) is 23.6 Å². The number of likely N-dealkylation sites (tertiary alicyclic amines) is 1. The summed E-state index contributed by atoms with van der Waals surface area (Å²) >= 11 is 1.49. The molecule has 2 aromatic rings. The lowest BCUT2D eigenvalue weighted by Gasteiger charge is -2.32. The molecule has 0 aromatic carbocycles. The van der Waals surface area contributed by atoms with Crippen molar-refractivity contribution in [1.29, 1.82) is 0 Å². The van der Waals surface area contributed by atoms with Gasteiger partial charge in [0.25, 0.3) is 0 Å². The predicted molar refractivity (Wildman–Crippen MR) is 100 cm³/mol. The lowest BCUT2D eigenvalue weighted by Crippen LogP contribution is -2.46. The number of amides is 2. The molecule has 3 heterocycles. The molecule has 1 aliphatic heterocycles. The molecule has 1 aliphatic rings. The van der Waals surface area contributed by atoms with Crippen molar-refractivity contribution in [2.45, 2.75) is 19.3 Å². The van der Waals surface area contributed by atoms with Gasteiger partial charge in [0, 0.05) is 37.8 Å². The average Bonchev–Trinajstić information content (AvgIpc) is 3.15. The van der Waals surface area contributed by atoms with Gasteiger partial charge < -0.3 is 16.0 Å². The summed E-state index contributed by atoms with van der Waals surface area (Å²) in [6.07, 6.45) is 3.62. The number of nitrogens with zero attached hydrogens (tertiary/aromatic N) is 3. The van der Waals surface area contributed by atoms with Crippen molar-refractivity contribution in [2.24, 2.45) is 11.7 Å². The summed E-state index contributed by atoms with van der Waals surface area (Å²) in [5.41, 5.74) is 6.98. The molecule has 1 saturated heterocycles. The van der Waals surface area contributed by atoms with E-state index in [1.165, 1.54) is 11.3 Å². The summed E-state index contributed by atoms with van der Waals surface area (Å²) in [6.45, 7) is 2.05. The van der Waals surface area contributed by atoms with E-state index >= 15 is 0 Å². The number of hydrogen-bond donors (Lipinski definition) is 2. The Morgan fingerprint density at radius 3 is 3.04 bits per heavy atom. The molecule has 7 nitrogen and oxygen atoms in total. The number of pyridine rings is 1. The molecular formula is C18H23N5O2S. The zero-order chi connectivity index (χ0) is 18.4. The van der Waals surface area contributed by atoms with Crippen LogP contribution in [0, 0.1) is 5.92 Å². The van der Waals surface area contributed by atoms with Gasteiger partial charge >= 0.3 is 0 Å². The second-order valence-electron chi connectivity index (χ2n) is 6.29. The highest BCUT2D eigenvalue weighted by Gasteiger charge is 2.28. The van der Waals surface area contributed by atoms with E-state index in [2.05, 4.69) is 15.3 Å². The molecule has 0 bridgehead atoms. The zero-order valence-electron chi connectivity index (χ0n) is 14.6. The Hall–Kier alpha value is -2.32. The van der Waals surface area contributed by atoms with Gasteiger partial charge in [-0.15, -0.1) is 11.3 Å². The van der Waals surface area contributed by atoms with Gasteiger partial charge in [-0.2, -0.15) is 0 Å². The number of carbonyl (C=O) groups excluding carboxylic acids is 2. The first-order chi connectivity index (χ1) is 12.7. The van der Waals surface area contributed by atoms with Crippen molar-refractivity contribution in [3.8, 4) is 10.7 Å². The largest absolute Gasteiger partial charge is 0.355 e. The molecule has 0 spiro atoms. The summed E-state index contributed by atoms with van der Waals surface area (Å²) in [6, 6.07) is 5.68. The standard InChI is InChI=1S/C18H23N5O2S/c19-6-8-21-17(25)13-4-3-9-23(11-13)16(24)10-14-12-26-18(22-14)15-5-1-2-7-20-15/h1-2,5,7,12-13H,3-4,6,8-11,19H2,(H,21,25). The maximum Gasteiger partial charge on any atom is 0.228 e. The Labute approximate surface area is 156 Å². The zero-order valence-corrected chi connectivity index (χ0v) is 15.4. The minimum Gasteiger partial charge on any atom is -0.355 e. The van der Waals surface area contributed by atoms with Gasteiger partial charge in [0.05, 0.1) is 23.7 Å². The van der Waals surface area contributed by atoms with Crippen LogP contribution in [0.4, 0.5) is 0 Å². The van der Waals surface area contributed by atoms with Gasteiger partial charge in [0.2, 0.25) is 11.8 Å². The van der Waals surface area contributed by atoms with Crippen LogP contribution >= 0.6 is 11.3 Å². The SMILES string of the molecule is NCCNC(=O)C1CCCN(C(=O)Cc2csc(-c3ccccn3)n2)C1. The van der Waals surface area contributed by atoms with Crippen molar-refractivity contribution in [2.75, 3.05) is 26.2 Å². The lowest BCUT2D eigenvalue weighted by molar-refractivity contribution is -0.135. The van der Waals surface area contributed by atoms with Crippen LogP contribution in [-0.4, -0.2) is 52.9 Å². The smallest absolute Gasteiger partial charge is 0.228 e. The Bertz CT molecular complexity index is 749. The number of rotatable bonds is 6. The summed E-state index contributed by atoms with van der Waals surface area (Å²) in [5.74, 6) is -0.156. The van der Waals surface area contributed by atoms with E-state index in [0.717, 1.165) is 29.2 Å². The number of nitrogens with two attached hydrogens (primary N) is 1. The van der Waals surface area contributed by atoms with Gasteiger partial charge in [0.15, 0.2) is 0 Å². The minimum absolute atomic E-state index is 0.0131. The first-order valence-electron chi connectivity index (χ1n) is 8.78. The lowest BCUT2D eigenvalue weighted by atomic mass is 9.96. The van der Waals surface area contributed by atoms with E-state index in [-0.39, 0.29) is 24.2 Å². The number of thiazole rings is 1. The van der Waals surface area contributed by atoms with Crippen LogP contribution < -0.4 is 11.1 Å². The quantitative estimate of drug-likeness (QED) is 0.788. The highest BCUT2D eigenvalue weighted by Crippen LogP contribution is 2.23. The van der Waals surface area contributed by atoms with Gasteiger partial charge in [-0.3, -0.25) is 14.6 Å². The van der Waals surface area contributed by atoms with E-state index in [9.17, 15) is 9.59 Å². The highest BCUT2D eigenvalue weighted by atomic mass is 32.1. The minimum atomic E-state index is -0.154. The molecule has 3 N–H and O–H groups in total. The third-order valence-corrected chi connectivity index (χ3v) is 5.27. The first-order valence-corrected chi connectivity index (χ1v) is 9.66. The normalized spacial score (nSPS) is 17.1. The van der Waals surface area contributed by atoms with Crippen molar-refractivity contribution in [1.82, 2.24) is 20.2 Å². The molecule has 2 amide bonds. The van der Waals surface area contributed by atoms with Crippen LogP contribution in [0.2, 0.25) is 0 Å². The molecule has 3 rings (SSSR count). The third kappa shape index (κ3) is 4.64. The number of nitrogens with one attached hydrogen (secondary N) is 1. The molecule has 1 atom stereocenters. The van der Waals surface area contributed by atoms with Crippen molar-refractivity contribution in [3.05, 3.63) is 35.5 Å². The fourth-order valence-corrected chi connectivity index (χ4v) is 3.81. The number of carbonyl (C=O) groups is 2. The third-order valence-electron chi connectivity index (χ3n) is 4.36. The van der Waals surface area contributed by atoms with Crippen molar-refractivity contribution >= 4 is 23.2 Å². The molecule has 0 aliphatic carbocycles. The Kier molecular flexibility index (Phi) is 6.30. The van der Waals surface area contributed by atoms with E-state index < -0.39 is 0 Å². The second-order valence-corrected chi connectivity index (χ2v) is 7.15. The topological polar surface area (TPSA) is 101 Å². The summed E-state index contributed by atoms with van der Waals surface area (Å²) < 4.78 is 0. The number of piperidine rings is 1. The molecule has 1 fully saturated rings. The van der Waals surface area contributed by atoms with Crippen molar-refractivity contribution < 1.29 is 9.59 Å². The molecule has 0 radical (unpaired) electrons. The van der Waals surface area contributed by atoms with Gasteiger partial charge in [-0.1, -0.05) is 6.07 Å². The number of aromatic nitrogens is 2. The Morgan fingerprint density at radius 1 is 1.38 bits per heavy atom. The van der Waals surface area contributed by atoms with Crippen LogP contribution in [0.15, 0.2) is 29.8 Å². The highest BCUT2D eigenvalue weighted by molar-refractivity contribution is 7.13. The number of hydrogen-bond acceptors (Lipinski definition) is 6. The van der Waals surface area contributed by atoms with Crippen LogP contribution in [0.25, 0.3) is 10.7 Å². The molecule has 1 unspecified atom stereocenters. The second kappa shape index (κ2) is 8.86. The molecule has 2 aromatic heterocycles. The van der Waals surface area contributed by atoms with E-state index in [0.29, 0.717) is 26.2 Å². The maximum absolute atomic E-state index is 12.6. The van der Waals surface area contributed by atoms with Gasteiger partial charge in [-0.05, 0) is 25.0 Å². The first kappa shape index (κ1) is 18.5. The fraction of sp³-hybridized carbons (Fsp3) is 0.444. The summed E-state index contributed by atoms with van der Waals surface area (Å²) in [4.78, 5) is 35.3. The Balaban J connectivity index is 1.58. The monoisotopic (exact) mass is 373 g/mol.